The predicted octanol–water partition coefficient (Wildman–Crippen LogP) is 5.70. The minimum atomic E-state index is -1.16. The van der Waals surface area contributed by atoms with E-state index < -0.39 is 24.3 Å². The maximum atomic E-state index is 12.5. The molecule has 4 N–H and O–H groups in total. The quantitative estimate of drug-likeness (QED) is 0.0602. The molecule has 4 aromatic carbocycles. The van der Waals surface area contributed by atoms with Crippen molar-refractivity contribution in [1.29, 1.82) is 0 Å². The van der Waals surface area contributed by atoms with Gasteiger partial charge in [0, 0.05) is 15.7 Å². The van der Waals surface area contributed by atoms with E-state index >= 15 is 0 Å². The Balaban J connectivity index is 1.23. The van der Waals surface area contributed by atoms with Crippen LogP contribution < -0.4 is 30.3 Å². The second kappa shape index (κ2) is 15.5. The van der Waals surface area contributed by atoms with Crippen LogP contribution in [-0.4, -0.2) is 49.9 Å². The number of methoxy groups -OCH3 is 1. The molecule has 5 rings (SSSR count). The number of fused-ring (bicyclic) bond motifs is 1. The molecule has 0 unspecified atom stereocenters. The molecule has 0 saturated heterocycles. The second-order valence-electron chi connectivity index (χ2n) is 10.5. The van der Waals surface area contributed by atoms with Crippen LogP contribution in [0, 0.1) is 0 Å². The lowest BCUT2D eigenvalue weighted by atomic mass is 9.95. The standard InChI is InChI=1S/C35H35BrN4O7/c1-4-45-30-17-23(33-32(34(42)44-3)21(2)38-35(43)39-33)12-14-29(30)47-20-31(41)40-37-18-25-16-26(36)13-15-28(25)46-19-24-10-7-9-22-8-5-6-11-27(22)24/h5-18,31,33,40-41H,4,19-20H2,1-3H3,(H2,38,39,43)/b37-18-/t31-,33-/m1/s1. The lowest BCUT2D eigenvalue weighted by molar-refractivity contribution is -0.136. The van der Waals surface area contributed by atoms with E-state index in [1.54, 1.807) is 31.3 Å². The predicted molar refractivity (Wildman–Crippen MR) is 181 cm³/mol. The highest BCUT2D eigenvalue weighted by Crippen LogP contribution is 2.35. The van der Waals surface area contributed by atoms with Gasteiger partial charge < -0.3 is 34.7 Å². The first-order valence-electron chi connectivity index (χ1n) is 14.9. The summed E-state index contributed by atoms with van der Waals surface area (Å²) in [6.07, 6.45) is 0.405. The first kappa shape index (κ1) is 33.3. The number of hydrazone groups is 1. The molecule has 244 valence electrons. The molecule has 0 spiro atoms. The van der Waals surface area contributed by atoms with Gasteiger partial charge >= 0.3 is 12.0 Å². The number of esters is 1. The smallest absolute Gasteiger partial charge is 0.337 e. The van der Waals surface area contributed by atoms with Crippen LogP contribution in [-0.2, 0) is 16.1 Å². The van der Waals surface area contributed by atoms with Crippen LogP contribution in [0.2, 0.25) is 0 Å². The number of ether oxygens (including phenoxy) is 4. The first-order chi connectivity index (χ1) is 22.8. The van der Waals surface area contributed by atoms with Gasteiger partial charge in [0.15, 0.2) is 17.7 Å². The van der Waals surface area contributed by atoms with E-state index in [-0.39, 0.29) is 12.2 Å². The van der Waals surface area contributed by atoms with Crippen molar-refractivity contribution in [1.82, 2.24) is 16.1 Å². The van der Waals surface area contributed by atoms with Gasteiger partial charge in [0.1, 0.15) is 19.0 Å². The largest absolute Gasteiger partial charge is 0.490 e. The van der Waals surface area contributed by atoms with Crippen molar-refractivity contribution in [3.63, 3.8) is 0 Å². The van der Waals surface area contributed by atoms with E-state index in [1.807, 2.05) is 49.4 Å². The van der Waals surface area contributed by atoms with Crippen LogP contribution in [0.4, 0.5) is 4.79 Å². The summed E-state index contributed by atoms with van der Waals surface area (Å²) < 4.78 is 23.6. The Morgan fingerprint density at radius 2 is 1.81 bits per heavy atom. The summed E-state index contributed by atoms with van der Waals surface area (Å²) in [6, 6.07) is 23.7. The van der Waals surface area contributed by atoms with Gasteiger partial charge in [-0.2, -0.15) is 5.10 Å². The average molecular weight is 704 g/mol. The number of rotatable bonds is 13. The fourth-order valence-corrected chi connectivity index (χ4v) is 5.52. The molecule has 2 atom stereocenters. The third-order valence-corrected chi connectivity index (χ3v) is 7.83. The lowest BCUT2D eigenvalue weighted by Crippen LogP contribution is -2.45. The first-order valence-corrected chi connectivity index (χ1v) is 15.7. The van der Waals surface area contributed by atoms with Gasteiger partial charge in [0.2, 0.25) is 0 Å². The zero-order valence-electron chi connectivity index (χ0n) is 26.1. The molecule has 2 amide bonds. The Labute approximate surface area is 280 Å². The number of aliphatic hydroxyl groups excluding tert-OH is 1. The second-order valence-corrected chi connectivity index (χ2v) is 11.4. The highest BCUT2D eigenvalue weighted by molar-refractivity contribution is 9.10. The van der Waals surface area contributed by atoms with Crippen molar-refractivity contribution in [3.05, 3.63) is 111 Å². The highest BCUT2D eigenvalue weighted by Gasteiger charge is 2.32. The number of amides is 2. The molecule has 1 heterocycles. The third-order valence-electron chi connectivity index (χ3n) is 7.33. The molecular formula is C35H35BrN4O7. The molecule has 11 nitrogen and oxygen atoms in total. The van der Waals surface area contributed by atoms with Crippen LogP contribution in [0.15, 0.2) is 99.7 Å². The van der Waals surface area contributed by atoms with Crippen LogP contribution in [0.3, 0.4) is 0 Å². The van der Waals surface area contributed by atoms with Crippen molar-refractivity contribution >= 4 is 44.9 Å². The van der Waals surface area contributed by atoms with Crippen molar-refractivity contribution in [3.8, 4) is 17.2 Å². The topological polar surface area (TPSA) is 140 Å². The van der Waals surface area contributed by atoms with Crippen LogP contribution >= 0.6 is 15.9 Å². The number of urea groups is 1. The number of benzene rings is 4. The fourth-order valence-electron chi connectivity index (χ4n) is 5.14. The summed E-state index contributed by atoms with van der Waals surface area (Å²) in [6.45, 7) is 4.00. The van der Waals surface area contributed by atoms with Gasteiger partial charge in [0.05, 0.1) is 31.5 Å². The number of nitrogens with zero attached hydrogens (tertiary/aromatic N) is 1. The maximum absolute atomic E-state index is 12.5. The number of hydrogen-bond donors (Lipinski definition) is 4. The van der Waals surface area contributed by atoms with Gasteiger partial charge in [-0.05, 0) is 66.1 Å². The van der Waals surface area contributed by atoms with Gasteiger partial charge in [-0.25, -0.2) is 9.59 Å². The third kappa shape index (κ3) is 8.21. The van der Waals surface area contributed by atoms with E-state index in [0.29, 0.717) is 47.3 Å². The van der Waals surface area contributed by atoms with Gasteiger partial charge in [-0.3, -0.25) is 5.43 Å². The zero-order chi connectivity index (χ0) is 33.3. The number of nitrogens with one attached hydrogen (secondary N) is 3. The monoisotopic (exact) mass is 702 g/mol. The molecule has 0 bridgehead atoms. The molecular weight excluding hydrogens is 668 g/mol. The molecule has 47 heavy (non-hydrogen) atoms. The van der Waals surface area contributed by atoms with Crippen molar-refractivity contribution < 1.29 is 33.6 Å². The van der Waals surface area contributed by atoms with Crippen molar-refractivity contribution in [2.45, 2.75) is 32.7 Å². The summed E-state index contributed by atoms with van der Waals surface area (Å²) in [5.74, 6) is 0.790. The maximum Gasteiger partial charge on any atom is 0.337 e. The number of hydrogen-bond acceptors (Lipinski definition) is 9. The van der Waals surface area contributed by atoms with Gasteiger partial charge in [-0.1, -0.05) is 64.5 Å². The van der Waals surface area contributed by atoms with Crippen LogP contribution in [0.1, 0.15) is 36.6 Å². The summed E-state index contributed by atoms with van der Waals surface area (Å²) in [4.78, 5) is 24.7. The van der Waals surface area contributed by atoms with Crippen LogP contribution in [0.25, 0.3) is 10.8 Å². The Kier molecular flexibility index (Phi) is 11.0. The van der Waals surface area contributed by atoms with Gasteiger partial charge in [0.25, 0.3) is 0 Å². The molecule has 0 radical (unpaired) electrons. The minimum absolute atomic E-state index is 0.157. The molecule has 4 aromatic rings. The van der Waals surface area contributed by atoms with E-state index in [0.717, 1.165) is 20.8 Å². The number of carbonyl (C=O) groups excluding carboxylic acids is 2. The summed E-state index contributed by atoms with van der Waals surface area (Å²) >= 11 is 3.50. The Hall–Kier alpha value is -5.07. The van der Waals surface area contributed by atoms with E-state index in [9.17, 15) is 14.7 Å². The molecule has 0 fully saturated rings. The fraction of sp³-hybridized carbons (Fsp3) is 0.229. The molecule has 1 aliphatic rings. The normalized spacial score (nSPS) is 15.2. The summed E-state index contributed by atoms with van der Waals surface area (Å²) in [5, 5.41) is 22.4. The van der Waals surface area contributed by atoms with Crippen molar-refractivity contribution in [2.75, 3.05) is 20.3 Å². The molecule has 0 aromatic heterocycles. The molecule has 12 heteroatoms. The van der Waals surface area contributed by atoms with Crippen molar-refractivity contribution in [2.24, 2.45) is 5.10 Å². The number of halogens is 1. The van der Waals surface area contributed by atoms with E-state index in [4.69, 9.17) is 18.9 Å². The Morgan fingerprint density at radius 1 is 1.02 bits per heavy atom. The number of aliphatic hydroxyl groups is 1. The molecule has 0 saturated carbocycles. The highest BCUT2D eigenvalue weighted by atomic mass is 79.9. The SMILES string of the molecule is CCOc1cc([C@H]2NC(=O)NC(C)=C2C(=O)OC)ccc1OC[C@@H](O)N/N=C\c1cc(Br)ccc1OCc1cccc2ccccc12. The molecule has 0 aliphatic carbocycles. The van der Waals surface area contributed by atoms with E-state index in [2.05, 4.69) is 55.3 Å². The van der Waals surface area contributed by atoms with Crippen LogP contribution in [0.5, 0.6) is 17.2 Å². The average Bonchev–Trinajstić information content (AvgIpc) is 3.06. The van der Waals surface area contributed by atoms with E-state index in [1.165, 1.54) is 7.11 Å². The Bertz CT molecular complexity index is 1820. The van der Waals surface area contributed by atoms with Gasteiger partial charge in [-0.15, -0.1) is 0 Å². The lowest BCUT2D eigenvalue weighted by Gasteiger charge is -2.28. The number of carbonyl (C=O) groups is 2. The minimum Gasteiger partial charge on any atom is -0.490 e. The summed E-state index contributed by atoms with van der Waals surface area (Å²) in [5.41, 5.74) is 5.69. The molecule has 1 aliphatic heterocycles. The summed E-state index contributed by atoms with van der Waals surface area (Å²) in [7, 11) is 1.28. The Morgan fingerprint density at radius 3 is 2.62 bits per heavy atom. The zero-order valence-corrected chi connectivity index (χ0v) is 27.7. The number of allylic oxidation sites excluding steroid dienone is 1.